The molecule has 2 aromatic rings. The van der Waals surface area contributed by atoms with E-state index in [1.54, 1.807) is 23.6 Å². The fraction of sp³-hybridized carbons (Fsp3) is 0.450. The van der Waals surface area contributed by atoms with Crippen molar-refractivity contribution in [3.05, 3.63) is 44.7 Å². The molecule has 1 amide bonds. The van der Waals surface area contributed by atoms with Crippen LogP contribution in [0.5, 0.6) is 0 Å². The molecule has 0 bridgehead atoms. The highest BCUT2D eigenvalue weighted by Crippen LogP contribution is 2.24. The predicted octanol–water partition coefficient (Wildman–Crippen LogP) is 4.23. The molecule has 0 aliphatic heterocycles. The third-order valence-electron chi connectivity index (χ3n) is 4.75. The van der Waals surface area contributed by atoms with Gasteiger partial charge < -0.3 is 4.90 Å². The molecule has 144 valence electrons. The first-order chi connectivity index (χ1) is 13.0. The molecule has 0 unspecified atom stereocenters. The molecule has 1 aliphatic rings. The SMILES string of the molecule is CN(C)C(=O)CSc1nc2ccc(Br)cc2c(=O)n1CCC1=CCCCC1. The van der Waals surface area contributed by atoms with Gasteiger partial charge in [-0.1, -0.05) is 39.3 Å². The molecule has 7 heteroatoms. The molecular weight excluding hydrogens is 426 g/mol. The summed E-state index contributed by atoms with van der Waals surface area (Å²) >= 11 is 4.77. The Bertz CT molecular complexity index is 937. The van der Waals surface area contributed by atoms with E-state index in [-0.39, 0.29) is 17.2 Å². The number of hydrogen-bond acceptors (Lipinski definition) is 4. The van der Waals surface area contributed by atoms with Crippen LogP contribution in [0, 0.1) is 0 Å². The van der Waals surface area contributed by atoms with Gasteiger partial charge in [0.2, 0.25) is 5.91 Å². The standard InChI is InChI=1S/C20H24BrN3O2S/c1-23(2)18(25)13-27-20-22-17-9-8-15(21)12-16(17)19(26)24(20)11-10-14-6-4-3-5-7-14/h6,8-9,12H,3-5,7,10-11,13H2,1-2H3. The lowest BCUT2D eigenvalue weighted by atomic mass is 9.97. The first-order valence-electron chi connectivity index (χ1n) is 9.16. The minimum Gasteiger partial charge on any atom is -0.348 e. The Hall–Kier alpha value is -1.60. The molecule has 27 heavy (non-hydrogen) atoms. The largest absolute Gasteiger partial charge is 0.348 e. The summed E-state index contributed by atoms with van der Waals surface area (Å²) in [6.45, 7) is 0.596. The van der Waals surface area contributed by atoms with Crippen molar-refractivity contribution in [3.63, 3.8) is 0 Å². The molecule has 1 aromatic heterocycles. The van der Waals surface area contributed by atoms with Crippen molar-refractivity contribution in [3.8, 4) is 0 Å². The van der Waals surface area contributed by atoms with Crippen molar-refractivity contribution in [2.45, 2.75) is 43.8 Å². The van der Waals surface area contributed by atoms with Crippen molar-refractivity contribution >= 4 is 44.5 Å². The molecule has 0 saturated heterocycles. The second-order valence-corrected chi connectivity index (χ2v) is 8.81. The highest BCUT2D eigenvalue weighted by molar-refractivity contribution is 9.10. The maximum Gasteiger partial charge on any atom is 0.262 e. The Labute approximate surface area is 172 Å². The molecule has 1 aromatic carbocycles. The van der Waals surface area contributed by atoms with E-state index in [1.165, 1.54) is 30.2 Å². The normalized spacial score (nSPS) is 14.3. The highest BCUT2D eigenvalue weighted by atomic mass is 79.9. The van der Waals surface area contributed by atoms with Crippen molar-refractivity contribution in [1.82, 2.24) is 14.5 Å². The Morgan fingerprint density at radius 3 is 2.85 bits per heavy atom. The predicted molar refractivity (Wildman–Crippen MR) is 114 cm³/mol. The fourth-order valence-corrected chi connectivity index (χ4v) is 4.49. The summed E-state index contributed by atoms with van der Waals surface area (Å²) in [5.74, 6) is 0.274. The molecule has 3 rings (SSSR count). The highest BCUT2D eigenvalue weighted by Gasteiger charge is 2.15. The van der Waals surface area contributed by atoms with Crippen LogP contribution in [-0.2, 0) is 11.3 Å². The summed E-state index contributed by atoms with van der Waals surface area (Å²) < 4.78 is 2.59. The van der Waals surface area contributed by atoms with E-state index in [9.17, 15) is 9.59 Å². The summed E-state index contributed by atoms with van der Waals surface area (Å²) in [6.07, 6.45) is 7.89. The maximum absolute atomic E-state index is 13.1. The topological polar surface area (TPSA) is 55.2 Å². The zero-order chi connectivity index (χ0) is 19.4. The summed E-state index contributed by atoms with van der Waals surface area (Å²) in [4.78, 5) is 31.4. The molecule has 0 N–H and O–H groups in total. The van der Waals surface area contributed by atoms with Gasteiger partial charge in [0.1, 0.15) is 0 Å². The van der Waals surface area contributed by atoms with E-state index in [0.717, 1.165) is 23.7 Å². The van der Waals surface area contributed by atoms with Crippen LogP contribution >= 0.6 is 27.7 Å². The first kappa shape index (κ1) is 20.1. The van der Waals surface area contributed by atoms with Gasteiger partial charge in [-0.3, -0.25) is 14.2 Å². The van der Waals surface area contributed by atoms with Crippen LogP contribution in [0.25, 0.3) is 10.9 Å². The summed E-state index contributed by atoms with van der Waals surface area (Å²) in [5.41, 5.74) is 2.04. The Morgan fingerprint density at radius 2 is 2.15 bits per heavy atom. The Kier molecular flexibility index (Phi) is 6.76. The minimum absolute atomic E-state index is 0.00620. The molecule has 0 spiro atoms. The van der Waals surface area contributed by atoms with Crippen molar-refractivity contribution in [1.29, 1.82) is 0 Å². The van der Waals surface area contributed by atoms with Gasteiger partial charge in [0.25, 0.3) is 5.56 Å². The Balaban J connectivity index is 1.94. The fourth-order valence-electron chi connectivity index (χ4n) is 3.12. The van der Waals surface area contributed by atoms with Crippen LogP contribution in [0.3, 0.4) is 0 Å². The number of nitrogens with zero attached hydrogens (tertiary/aromatic N) is 3. The molecular formula is C20H24BrN3O2S. The zero-order valence-corrected chi connectivity index (χ0v) is 18.1. The number of rotatable bonds is 6. The number of hydrogen-bond donors (Lipinski definition) is 0. The van der Waals surface area contributed by atoms with Crippen LogP contribution < -0.4 is 5.56 Å². The molecule has 0 saturated carbocycles. The number of carbonyl (C=O) groups excluding carboxylic acids is 1. The zero-order valence-electron chi connectivity index (χ0n) is 15.7. The summed E-state index contributed by atoms with van der Waals surface area (Å²) in [7, 11) is 3.47. The van der Waals surface area contributed by atoms with Gasteiger partial charge in [-0.2, -0.15) is 0 Å². The van der Waals surface area contributed by atoms with Crippen molar-refractivity contribution in [2.75, 3.05) is 19.8 Å². The van der Waals surface area contributed by atoms with Gasteiger partial charge in [0.15, 0.2) is 5.16 Å². The number of fused-ring (bicyclic) bond motifs is 1. The lowest BCUT2D eigenvalue weighted by Crippen LogP contribution is -2.26. The number of halogens is 1. The number of carbonyl (C=O) groups is 1. The van der Waals surface area contributed by atoms with Crippen molar-refractivity contribution < 1.29 is 4.79 Å². The van der Waals surface area contributed by atoms with Crippen LogP contribution in [0.4, 0.5) is 0 Å². The van der Waals surface area contributed by atoms with Crippen LogP contribution in [0.1, 0.15) is 32.1 Å². The van der Waals surface area contributed by atoms with Gasteiger partial charge in [-0.25, -0.2) is 4.98 Å². The third-order valence-corrected chi connectivity index (χ3v) is 6.20. The first-order valence-corrected chi connectivity index (χ1v) is 10.9. The molecule has 0 radical (unpaired) electrons. The van der Waals surface area contributed by atoms with Crippen LogP contribution in [0.2, 0.25) is 0 Å². The van der Waals surface area contributed by atoms with E-state index in [4.69, 9.17) is 0 Å². The summed E-state index contributed by atoms with van der Waals surface area (Å²) in [5, 5.41) is 1.21. The summed E-state index contributed by atoms with van der Waals surface area (Å²) in [6, 6.07) is 5.54. The molecule has 1 heterocycles. The van der Waals surface area contributed by atoms with Gasteiger partial charge in [-0.05, 0) is 50.3 Å². The lowest BCUT2D eigenvalue weighted by molar-refractivity contribution is -0.125. The quantitative estimate of drug-likeness (QED) is 0.376. The van der Waals surface area contributed by atoms with Gasteiger partial charge >= 0.3 is 0 Å². The van der Waals surface area contributed by atoms with E-state index in [1.807, 2.05) is 18.2 Å². The third kappa shape index (κ3) is 5.02. The molecule has 0 atom stereocenters. The lowest BCUT2D eigenvalue weighted by Gasteiger charge is -2.17. The van der Waals surface area contributed by atoms with Gasteiger partial charge in [0, 0.05) is 25.1 Å². The second kappa shape index (κ2) is 9.06. The van der Waals surface area contributed by atoms with E-state index in [2.05, 4.69) is 27.0 Å². The molecule has 0 fully saturated rings. The number of amides is 1. The van der Waals surface area contributed by atoms with E-state index >= 15 is 0 Å². The van der Waals surface area contributed by atoms with Crippen LogP contribution in [0.15, 0.2) is 44.3 Å². The van der Waals surface area contributed by atoms with E-state index in [0.29, 0.717) is 22.6 Å². The number of allylic oxidation sites excluding steroid dienone is 2. The average Bonchev–Trinajstić information content (AvgIpc) is 2.66. The number of benzene rings is 1. The average molecular weight is 450 g/mol. The number of aromatic nitrogens is 2. The second-order valence-electron chi connectivity index (χ2n) is 6.95. The number of thioether (sulfide) groups is 1. The molecule has 1 aliphatic carbocycles. The molecule has 5 nitrogen and oxygen atoms in total. The minimum atomic E-state index is -0.0440. The monoisotopic (exact) mass is 449 g/mol. The maximum atomic E-state index is 13.1. The van der Waals surface area contributed by atoms with Gasteiger partial charge in [-0.15, -0.1) is 0 Å². The smallest absolute Gasteiger partial charge is 0.262 e. The van der Waals surface area contributed by atoms with Crippen molar-refractivity contribution in [2.24, 2.45) is 0 Å². The van der Waals surface area contributed by atoms with Gasteiger partial charge in [0.05, 0.1) is 16.7 Å². The van der Waals surface area contributed by atoms with E-state index < -0.39 is 0 Å². The Morgan fingerprint density at radius 1 is 1.33 bits per heavy atom. The van der Waals surface area contributed by atoms with Crippen LogP contribution in [-0.4, -0.2) is 40.2 Å².